The largest absolute Gasteiger partial charge is 0.335 e. The summed E-state index contributed by atoms with van der Waals surface area (Å²) in [5.74, 6) is 0.0490. The average molecular weight is 301 g/mol. The Kier molecular flexibility index (Phi) is 3.66. The van der Waals surface area contributed by atoms with E-state index in [-0.39, 0.29) is 5.91 Å². The van der Waals surface area contributed by atoms with Crippen molar-refractivity contribution in [2.45, 2.75) is 6.42 Å². The number of carbonyl (C=O) groups excluding carboxylic acids is 1. The molecule has 0 atom stereocenters. The van der Waals surface area contributed by atoms with Crippen LogP contribution in [0.4, 0.5) is 0 Å². The Bertz CT molecular complexity index is 445. The Morgan fingerprint density at radius 3 is 2.81 bits per heavy atom. The summed E-state index contributed by atoms with van der Waals surface area (Å²) in [7, 11) is 0. The zero-order valence-corrected chi connectivity index (χ0v) is 11.0. The number of rotatable bonds is 1. The van der Waals surface area contributed by atoms with Gasteiger partial charge in [0.15, 0.2) is 0 Å². The Balaban J connectivity index is 2.23. The fourth-order valence-electron chi connectivity index (χ4n) is 1.66. The molecule has 4 heteroatoms. The fraction of sp³-hybridized carbons (Fsp3) is 0.250. The lowest BCUT2D eigenvalue weighted by atomic mass is 10.1. The minimum atomic E-state index is 0.0490. The van der Waals surface area contributed by atoms with Crippen LogP contribution in [0.1, 0.15) is 16.8 Å². The maximum absolute atomic E-state index is 12.2. The van der Waals surface area contributed by atoms with E-state index in [9.17, 15) is 4.79 Å². The van der Waals surface area contributed by atoms with Crippen LogP contribution >= 0.6 is 27.5 Å². The van der Waals surface area contributed by atoms with Crippen molar-refractivity contribution in [1.82, 2.24) is 4.90 Å². The van der Waals surface area contributed by atoms with E-state index in [4.69, 9.17) is 11.6 Å². The van der Waals surface area contributed by atoms with Gasteiger partial charge in [0.25, 0.3) is 5.91 Å². The van der Waals surface area contributed by atoms with Crippen LogP contribution < -0.4 is 0 Å². The third kappa shape index (κ3) is 2.47. The molecule has 84 valence electrons. The molecule has 0 N–H and O–H groups in total. The first-order valence-corrected chi connectivity index (χ1v) is 6.25. The molecule has 2 nitrogen and oxygen atoms in total. The standard InChI is InChI=1S/C12H11BrClNO/c13-11-8-9(14)4-5-10(11)12(16)15-6-2-1-3-7-15/h1-2,4-5,8H,3,6-7H2. The van der Waals surface area contributed by atoms with Crippen molar-refractivity contribution < 1.29 is 4.79 Å². The monoisotopic (exact) mass is 299 g/mol. The minimum absolute atomic E-state index is 0.0490. The highest BCUT2D eigenvalue weighted by Crippen LogP contribution is 2.23. The van der Waals surface area contributed by atoms with Gasteiger partial charge >= 0.3 is 0 Å². The van der Waals surface area contributed by atoms with Crippen LogP contribution in [0, 0.1) is 0 Å². The molecular weight excluding hydrogens is 289 g/mol. The van der Waals surface area contributed by atoms with Crippen molar-refractivity contribution in [1.29, 1.82) is 0 Å². The molecule has 0 fully saturated rings. The first-order valence-electron chi connectivity index (χ1n) is 5.08. The number of halogens is 2. The van der Waals surface area contributed by atoms with Gasteiger partial charge in [-0.15, -0.1) is 0 Å². The molecule has 0 unspecified atom stereocenters. The highest BCUT2D eigenvalue weighted by molar-refractivity contribution is 9.10. The maximum atomic E-state index is 12.2. The van der Waals surface area contributed by atoms with E-state index in [1.807, 2.05) is 11.0 Å². The van der Waals surface area contributed by atoms with Gasteiger partial charge in [0.2, 0.25) is 0 Å². The molecule has 1 aromatic rings. The average Bonchev–Trinajstić information content (AvgIpc) is 2.29. The van der Waals surface area contributed by atoms with Gasteiger partial charge in [-0.05, 0) is 40.5 Å². The first kappa shape index (κ1) is 11.7. The molecule has 1 aliphatic rings. The SMILES string of the molecule is O=C(c1ccc(Cl)cc1Br)N1CC=CCC1. The Morgan fingerprint density at radius 1 is 1.38 bits per heavy atom. The van der Waals surface area contributed by atoms with Gasteiger partial charge in [-0.25, -0.2) is 0 Å². The van der Waals surface area contributed by atoms with Crippen LogP contribution in [0.15, 0.2) is 34.8 Å². The van der Waals surface area contributed by atoms with Crippen LogP contribution in [0.5, 0.6) is 0 Å². The van der Waals surface area contributed by atoms with Gasteiger partial charge in [-0.2, -0.15) is 0 Å². The first-order chi connectivity index (χ1) is 7.68. The zero-order valence-electron chi connectivity index (χ0n) is 8.62. The van der Waals surface area contributed by atoms with Crippen LogP contribution in [-0.4, -0.2) is 23.9 Å². The van der Waals surface area contributed by atoms with E-state index in [0.29, 0.717) is 17.1 Å². The quantitative estimate of drug-likeness (QED) is 0.727. The van der Waals surface area contributed by atoms with Crippen molar-refractivity contribution in [3.63, 3.8) is 0 Å². The van der Waals surface area contributed by atoms with E-state index >= 15 is 0 Å². The predicted octanol–water partition coefficient (Wildman–Crippen LogP) is 3.50. The summed E-state index contributed by atoms with van der Waals surface area (Å²) in [6, 6.07) is 5.24. The summed E-state index contributed by atoms with van der Waals surface area (Å²) in [6.07, 6.45) is 5.04. The second kappa shape index (κ2) is 5.02. The molecule has 2 rings (SSSR count). The lowest BCUT2D eigenvalue weighted by Crippen LogP contribution is -2.33. The number of carbonyl (C=O) groups is 1. The molecule has 1 aliphatic heterocycles. The van der Waals surface area contributed by atoms with Crippen molar-refractivity contribution in [3.8, 4) is 0 Å². The maximum Gasteiger partial charge on any atom is 0.255 e. The van der Waals surface area contributed by atoms with Crippen molar-refractivity contribution in [3.05, 3.63) is 45.4 Å². The second-order valence-corrected chi connectivity index (χ2v) is 4.93. The zero-order chi connectivity index (χ0) is 11.5. The third-order valence-electron chi connectivity index (χ3n) is 2.51. The number of hydrogen-bond donors (Lipinski definition) is 0. The molecule has 0 saturated heterocycles. The molecule has 1 heterocycles. The third-order valence-corrected chi connectivity index (χ3v) is 3.40. The molecule has 0 bridgehead atoms. The molecule has 0 spiro atoms. The van der Waals surface area contributed by atoms with Crippen LogP contribution in [0.3, 0.4) is 0 Å². The molecule has 1 amide bonds. The molecule has 0 aromatic heterocycles. The molecule has 0 saturated carbocycles. The molecule has 0 aliphatic carbocycles. The smallest absolute Gasteiger partial charge is 0.255 e. The van der Waals surface area contributed by atoms with Crippen LogP contribution in [0.25, 0.3) is 0 Å². The lowest BCUT2D eigenvalue weighted by Gasteiger charge is -2.23. The lowest BCUT2D eigenvalue weighted by molar-refractivity contribution is 0.0770. The van der Waals surface area contributed by atoms with Crippen molar-refractivity contribution >= 4 is 33.4 Å². The van der Waals surface area contributed by atoms with E-state index in [1.54, 1.807) is 18.2 Å². The molecule has 16 heavy (non-hydrogen) atoms. The topological polar surface area (TPSA) is 20.3 Å². The van der Waals surface area contributed by atoms with Gasteiger partial charge in [0.05, 0.1) is 5.56 Å². The van der Waals surface area contributed by atoms with Gasteiger partial charge < -0.3 is 4.90 Å². The summed E-state index contributed by atoms with van der Waals surface area (Å²) in [5, 5.41) is 0.627. The van der Waals surface area contributed by atoms with Gasteiger partial charge in [-0.1, -0.05) is 23.8 Å². The number of amides is 1. The van der Waals surface area contributed by atoms with E-state index in [0.717, 1.165) is 17.4 Å². The molecule has 0 radical (unpaired) electrons. The van der Waals surface area contributed by atoms with Gasteiger partial charge in [-0.3, -0.25) is 4.79 Å². The number of nitrogens with zero attached hydrogens (tertiary/aromatic N) is 1. The van der Waals surface area contributed by atoms with Gasteiger partial charge in [0, 0.05) is 22.6 Å². The summed E-state index contributed by atoms with van der Waals surface area (Å²) >= 11 is 9.21. The van der Waals surface area contributed by atoms with Crippen LogP contribution in [-0.2, 0) is 0 Å². The van der Waals surface area contributed by atoms with Crippen molar-refractivity contribution in [2.75, 3.05) is 13.1 Å². The highest BCUT2D eigenvalue weighted by Gasteiger charge is 2.18. The minimum Gasteiger partial charge on any atom is -0.335 e. The summed E-state index contributed by atoms with van der Waals surface area (Å²) < 4.78 is 0.750. The van der Waals surface area contributed by atoms with Crippen LogP contribution in [0.2, 0.25) is 5.02 Å². The Morgan fingerprint density at radius 2 is 2.19 bits per heavy atom. The normalized spacial score (nSPS) is 15.2. The fourth-order valence-corrected chi connectivity index (χ4v) is 2.51. The summed E-state index contributed by atoms with van der Waals surface area (Å²) in [5.41, 5.74) is 0.666. The van der Waals surface area contributed by atoms with Gasteiger partial charge in [0.1, 0.15) is 0 Å². The molecule has 1 aromatic carbocycles. The molecular formula is C12H11BrClNO. The predicted molar refractivity (Wildman–Crippen MR) is 68.8 cm³/mol. The number of benzene rings is 1. The Hall–Kier alpha value is -0.800. The van der Waals surface area contributed by atoms with E-state index < -0.39 is 0 Å². The number of hydrogen-bond acceptors (Lipinski definition) is 1. The van der Waals surface area contributed by atoms with E-state index in [2.05, 4.69) is 22.0 Å². The second-order valence-electron chi connectivity index (χ2n) is 3.64. The summed E-state index contributed by atoms with van der Waals surface area (Å²) in [6.45, 7) is 1.47. The van der Waals surface area contributed by atoms with E-state index in [1.165, 1.54) is 0 Å². The Labute approximate surface area is 108 Å². The van der Waals surface area contributed by atoms with Crippen molar-refractivity contribution in [2.24, 2.45) is 0 Å². The highest BCUT2D eigenvalue weighted by atomic mass is 79.9. The summed E-state index contributed by atoms with van der Waals surface area (Å²) in [4.78, 5) is 14.0.